The molecule has 0 aliphatic carbocycles. The van der Waals surface area contributed by atoms with Crippen molar-refractivity contribution in [2.45, 2.75) is 25.9 Å². The first kappa shape index (κ1) is 11.2. The Morgan fingerprint density at radius 2 is 2.12 bits per heavy atom. The van der Waals surface area contributed by atoms with Gasteiger partial charge in [0.2, 0.25) is 0 Å². The molecule has 1 aromatic carbocycles. The van der Waals surface area contributed by atoms with Gasteiger partial charge < -0.3 is 8.92 Å². The van der Waals surface area contributed by atoms with Crippen LogP contribution in [0.2, 0.25) is 0 Å². The van der Waals surface area contributed by atoms with Crippen LogP contribution in [0.3, 0.4) is 0 Å². The summed E-state index contributed by atoms with van der Waals surface area (Å²) in [5, 5.41) is 0. The third-order valence-electron chi connectivity index (χ3n) is 2.24. The molecule has 0 radical (unpaired) electrons. The minimum absolute atomic E-state index is 0.0407. The predicted molar refractivity (Wildman–Crippen MR) is 57.0 cm³/mol. The van der Waals surface area contributed by atoms with Crippen LogP contribution in [-0.2, 0) is 16.8 Å². The van der Waals surface area contributed by atoms with Crippen molar-refractivity contribution in [3.05, 3.63) is 23.8 Å². The van der Waals surface area contributed by atoms with Gasteiger partial charge >= 0.3 is 10.4 Å². The molecule has 88 valence electrons. The molecule has 0 aromatic heterocycles. The molecule has 0 spiro atoms. The summed E-state index contributed by atoms with van der Waals surface area (Å²) in [6.07, 6.45) is 0.758. The number of ether oxygens (including phenoxy) is 1. The third kappa shape index (κ3) is 2.45. The average Bonchev–Trinajstić information content (AvgIpc) is 2.34. The normalized spacial score (nSPS) is 17.7. The fourth-order valence-electron chi connectivity index (χ4n) is 1.74. The van der Waals surface area contributed by atoms with Crippen LogP contribution in [-0.4, -0.2) is 18.6 Å². The van der Waals surface area contributed by atoms with Gasteiger partial charge in [-0.1, -0.05) is 6.07 Å². The molecule has 1 N–H and O–H groups in total. The lowest BCUT2D eigenvalue weighted by Crippen LogP contribution is -2.24. The van der Waals surface area contributed by atoms with E-state index in [-0.39, 0.29) is 11.4 Å². The largest absolute Gasteiger partial charge is 0.487 e. The Balaban J connectivity index is 2.30. The molecular formula is C10H12O5S. The number of rotatable bonds is 2. The average molecular weight is 244 g/mol. The highest BCUT2D eigenvalue weighted by Crippen LogP contribution is 2.37. The topological polar surface area (TPSA) is 72.8 Å². The first-order valence-electron chi connectivity index (χ1n) is 4.74. The molecular weight excluding hydrogens is 232 g/mol. The van der Waals surface area contributed by atoms with E-state index in [1.54, 1.807) is 6.07 Å². The van der Waals surface area contributed by atoms with E-state index in [0.717, 1.165) is 12.0 Å². The predicted octanol–water partition coefficient (Wildman–Crippen LogP) is 1.58. The standard InChI is InChI=1S/C10H12O5S/c1-10(2)6-7-3-4-8(5-9(7)14-10)15-16(11,12)13/h3-5H,6H2,1-2H3,(H,11,12,13). The number of fused-ring (bicyclic) bond motifs is 1. The minimum atomic E-state index is -4.48. The minimum Gasteiger partial charge on any atom is -0.487 e. The fraction of sp³-hybridized carbons (Fsp3) is 0.400. The summed E-state index contributed by atoms with van der Waals surface area (Å²) in [5.41, 5.74) is 0.701. The second kappa shape index (κ2) is 3.36. The summed E-state index contributed by atoms with van der Waals surface area (Å²) in [7, 11) is -4.48. The van der Waals surface area contributed by atoms with E-state index < -0.39 is 10.4 Å². The molecule has 0 saturated carbocycles. The van der Waals surface area contributed by atoms with E-state index in [1.807, 2.05) is 13.8 Å². The van der Waals surface area contributed by atoms with Gasteiger partial charge in [0, 0.05) is 12.5 Å². The van der Waals surface area contributed by atoms with Crippen molar-refractivity contribution in [2.24, 2.45) is 0 Å². The first-order valence-corrected chi connectivity index (χ1v) is 6.11. The third-order valence-corrected chi connectivity index (χ3v) is 2.65. The van der Waals surface area contributed by atoms with Gasteiger partial charge in [-0.3, -0.25) is 4.55 Å². The maximum absolute atomic E-state index is 10.5. The van der Waals surface area contributed by atoms with Crippen molar-refractivity contribution in [3.63, 3.8) is 0 Å². The van der Waals surface area contributed by atoms with Crippen LogP contribution in [0.25, 0.3) is 0 Å². The second-order valence-corrected chi connectivity index (χ2v) is 5.34. The lowest BCUT2D eigenvalue weighted by atomic mass is 10.0. The summed E-state index contributed by atoms with van der Waals surface area (Å²) in [4.78, 5) is 0. The monoisotopic (exact) mass is 244 g/mol. The van der Waals surface area contributed by atoms with Gasteiger partial charge in [-0.2, -0.15) is 8.42 Å². The van der Waals surface area contributed by atoms with Gasteiger partial charge in [-0.25, -0.2) is 0 Å². The quantitative estimate of drug-likeness (QED) is 0.799. The lowest BCUT2D eigenvalue weighted by Gasteiger charge is -2.16. The number of hydrogen-bond acceptors (Lipinski definition) is 4. The molecule has 0 fully saturated rings. The Hall–Kier alpha value is -1.27. The van der Waals surface area contributed by atoms with Crippen molar-refractivity contribution >= 4 is 10.4 Å². The van der Waals surface area contributed by atoms with E-state index in [1.165, 1.54) is 12.1 Å². The Morgan fingerprint density at radius 3 is 2.75 bits per heavy atom. The highest BCUT2D eigenvalue weighted by molar-refractivity contribution is 7.81. The molecule has 0 bridgehead atoms. The molecule has 0 unspecified atom stereocenters. The van der Waals surface area contributed by atoms with Gasteiger partial charge in [-0.15, -0.1) is 0 Å². The zero-order valence-electron chi connectivity index (χ0n) is 8.93. The van der Waals surface area contributed by atoms with Gasteiger partial charge in [0.15, 0.2) is 0 Å². The van der Waals surface area contributed by atoms with Crippen LogP contribution < -0.4 is 8.92 Å². The van der Waals surface area contributed by atoms with Crippen LogP contribution in [0.5, 0.6) is 11.5 Å². The van der Waals surface area contributed by atoms with E-state index in [2.05, 4.69) is 4.18 Å². The summed E-state index contributed by atoms with van der Waals surface area (Å²) in [5.74, 6) is 0.630. The Labute approximate surface area is 94.0 Å². The summed E-state index contributed by atoms with van der Waals surface area (Å²) in [6, 6.07) is 4.67. The fourth-order valence-corrected chi connectivity index (χ4v) is 2.09. The van der Waals surface area contributed by atoms with Gasteiger partial charge in [-0.05, 0) is 25.5 Å². The summed E-state index contributed by atoms with van der Waals surface area (Å²) < 4.78 is 39.5. The SMILES string of the molecule is CC1(C)Cc2ccc(OS(=O)(=O)O)cc2O1. The van der Waals surface area contributed by atoms with Crippen LogP contribution in [0, 0.1) is 0 Å². The highest BCUT2D eigenvalue weighted by atomic mass is 32.3. The Kier molecular flexibility index (Phi) is 2.36. The number of benzene rings is 1. The molecule has 5 nitrogen and oxygen atoms in total. The molecule has 16 heavy (non-hydrogen) atoms. The van der Waals surface area contributed by atoms with E-state index >= 15 is 0 Å². The maximum Gasteiger partial charge on any atom is 0.446 e. The molecule has 2 rings (SSSR count). The lowest BCUT2D eigenvalue weighted by molar-refractivity contribution is 0.138. The maximum atomic E-state index is 10.5. The molecule has 6 heteroatoms. The zero-order chi connectivity index (χ0) is 12.0. The van der Waals surface area contributed by atoms with Crippen molar-refractivity contribution in [3.8, 4) is 11.5 Å². The van der Waals surface area contributed by atoms with Crippen LogP contribution in [0.15, 0.2) is 18.2 Å². The molecule has 1 aromatic rings. The van der Waals surface area contributed by atoms with Gasteiger partial charge in [0.1, 0.15) is 17.1 Å². The van der Waals surface area contributed by atoms with E-state index in [0.29, 0.717) is 5.75 Å². The smallest absolute Gasteiger partial charge is 0.446 e. The van der Waals surface area contributed by atoms with Crippen LogP contribution in [0.4, 0.5) is 0 Å². The Morgan fingerprint density at radius 1 is 1.44 bits per heavy atom. The van der Waals surface area contributed by atoms with Crippen molar-refractivity contribution < 1.29 is 21.9 Å². The second-order valence-electron chi connectivity index (χ2n) is 4.32. The van der Waals surface area contributed by atoms with Crippen molar-refractivity contribution in [2.75, 3.05) is 0 Å². The van der Waals surface area contributed by atoms with Gasteiger partial charge in [0.25, 0.3) is 0 Å². The van der Waals surface area contributed by atoms with Gasteiger partial charge in [0.05, 0.1) is 0 Å². The number of hydrogen-bond donors (Lipinski definition) is 1. The highest BCUT2D eigenvalue weighted by Gasteiger charge is 2.30. The van der Waals surface area contributed by atoms with E-state index in [4.69, 9.17) is 9.29 Å². The first-order chi connectivity index (χ1) is 7.25. The van der Waals surface area contributed by atoms with Crippen molar-refractivity contribution in [1.29, 1.82) is 0 Å². The van der Waals surface area contributed by atoms with E-state index in [9.17, 15) is 8.42 Å². The van der Waals surface area contributed by atoms with Crippen molar-refractivity contribution in [1.82, 2.24) is 0 Å². The summed E-state index contributed by atoms with van der Waals surface area (Å²) >= 11 is 0. The summed E-state index contributed by atoms with van der Waals surface area (Å²) in [6.45, 7) is 3.88. The molecule has 0 saturated heterocycles. The van der Waals surface area contributed by atoms with Crippen LogP contribution >= 0.6 is 0 Å². The molecule has 1 heterocycles. The van der Waals surface area contributed by atoms with Crippen LogP contribution in [0.1, 0.15) is 19.4 Å². The molecule has 1 aliphatic rings. The zero-order valence-corrected chi connectivity index (χ0v) is 9.74. The molecule has 0 amide bonds. The Bertz CT molecular complexity index is 518. The molecule has 1 aliphatic heterocycles. The molecule has 0 atom stereocenters.